The van der Waals surface area contributed by atoms with Crippen molar-refractivity contribution < 1.29 is 9.90 Å². The van der Waals surface area contributed by atoms with Crippen molar-refractivity contribution in [1.82, 2.24) is 20.5 Å². The van der Waals surface area contributed by atoms with Crippen LogP contribution in [0.2, 0.25) is 0 Å². The molecule has 0 atom stereocenters. The molecule has 0 bridgehead atoms. The van der Waals surface area contributed by atoms with Crippen molar-refractivity contribution in [3.05, 3.63) is 12.2 Å². The van der Waals surface area contributed by atoms with Gasteiger partial charge in [0.1, 0.15) is 17.8 Å². The monoisotopic (exact) mass is 184 g/mol. The third-order valence-electron chi connectivity index (χ3n) is 1.44. The van der Waals surface area contributed by atoms with E-state index in [-0.39, 0.29) is 6.54 Å². The second kappa shape index (κ2) is 3.53. The number of amides is 1. The largest absolute Gasteiger partial charge is 0.381 e. The minimum atomic E-state index is -1.36. The molecule has 1 amide bonds. The first-order valence-corrected chi connectivity index (χ1v) is 3.85. The molecular formula is C7H12N4O2. The van der Waals surface area contributed by atoms with Crippen molar-refractivity contribution in [2.45, 2.75) is 26.0 Å². The van der Waals surface area contributed by atoms with Crippen LogP contribution in [0, 0.1) is 0 Å². The molecule has 0 aliphatic rings. The highest BCUT2D eigenvalue weighted by molar-refractivity contribution is 5.83. The summed E-state index contributed by atoms with van der Waals surface area (Å²) in [6.45, 7) is 3.08. The molecule has 0 aromatic carbocycles. The van der Waals surface area contributed by atoms with Crippen molar-refractivity contribution in [3.8, 4) is 0 Å². The summed E-state index contributed by atoms with van der Waals surface area (Å²) in [6, 6.07) is 0. The second-order valence-corrected chi connectivity index (χ2v) is 3.17. The van der Waals surface area contributed by atoms with Crippen LogP contribution in [0.15, 0.2) is 6.33 Å². The van der Waals surface area contributed by atoms with Crippen molar-refractivity contribution >= 4 is 5.91 Å². The Morgan fingerprint density at radius 3 is 2.92 bits per heavy atom. The number of hydrogen-bond donors (Lipinski definition) is 3. The van der Waals surface area contributed by atoms with Gasteiger partial charge < -0.3 is 10.4 Å². The van der Waals surface area contributed by atoms with E-state index in [2.05, 4.69) is 20.5 Å². The van der Waals surface area contributed by atoms with Gasteiger partial charge in [0.15, 0.2) is 0 Å². The summed E-state index contributed by atoms with van der Waals surface area (Å²) in [5, 5.41) is 18.0. The summed E-state index contributed by atoms with van der Waals surface area (Å²) >= 11 is 0. The number of carbonyl (C=O) groups excluding carboxylic acids is 1. The van der Waals surface area contributed by atoms with Crippen LogP contribution in [0.3, 0.4) is 0 Å². The van der Waals surface area contributed by atoms with Gasteiger partial charge in [0, 0.05) is 0 Å². The Kier molecular flexibility index (Phi) is 2.62. The number of aromatic amines is 1. The molecule has 1 aromatic heterocycles. The van der Waals surface area contributed by atoms with Gasteiger partial charge in [0.2, 0.25) is 0 Å². The zero-order chi connectivity index (χ0) is 9.90. The third-order valence-corrected chi connectivity index (χ3v) is 1.44. The van der Waals surface area contributed by atoms with E-state index in [1.807, 2.05) is 0 Å². The number of aromatic nitrogens is 3. The van der Waals surface area contributed by atoms with E-state index in [0.717, 1.165) is 0 Å². The van der Waals surface area contributed by atoms with Crippen LogP contribution in [0.1, 0.15) is 19.7 Å². The number of carbonyl (C=O) groups is 1. The molecule has 3 N–H and O–H groups in total. The molecule has 1 rings (SSSR count). The Balaban J connectivity index is 2.40. The first kappa shape index (κ1) is 9.66. The van der Waals surface area contributed by atoms with Crippen molar-refractivity contribution in [2.24, 2.45) is 0 Å². The van der Waals surface area contributed by atoms with Crippen LogP contribution in [-0.2, 0) is 11.3 Å². The van der Waals surface area contributed by atoms with Gasteiger partial charge in [0.05, 0.1) is 6.54 Å². The molecule has 6 nitrogen and oxygen atoms in total. The lowest BCUT2D eigenvalue weighted by molar-refractivity contribution is -0.136. The summed E-state index contributed by atoms with van der Waals surface area (Å²) < 4.78 is 0. The SMILES string of the molecule is CC(C)(O)C(=O)NCc1ncn[nH]1. The first-order chi connectivity index (χ1) is 6.00. The number of hydrogen-bond acceptors (Lipinski definition) is 4. The summed E-state index contributed by atoms with van der Waals surface area (Å²) in [5.74, 6) is 0.113. The Bertz CT molecular complexity index is 275. The molecule has 0 saturated carbocycles. The smallest absolute Gasteiger partial charge is 0.251 e. The zero-order valence-electron chi connectivity index (χ0n) is 7.53. The molecule has 1 heterocycles. The van der Waals surface area contributed by atoms with Gasteiger partial charge in [-0.05, 0) is 13.8 Å². The Labute approximate surface area is 75.4 Å². The van der Waals surface area contributed by atoms with E-state index in [1.165, 1.54) is 20.2 Å². The molecule has 1 aromatic rings. The van der Waals surface area contributed by atoms with Crippen molar-refractivity contribution in [3.63, 3.8) is 0 Å². The van der Waals surface area contributed by atoms with E-state index >= 15 is 0 Å². The lowest BCUT2D eigenvalue weighted by atomic mass is 10.1. The molecule has 0 saturated heterocycles. The lowest BCUT2D eigenvalue weighted by Crippen LogP contribution is -2.41. The number of rotatable bonds is 3. The van der Waals surface area contributed by atoms with Gasteiger partial charge in [-0.25, -0.2) is 4.98 Å². The van der Waals surface area contributed by atoms with E-state index < -0.39 is 11.5 Å². The fourth-order valence-corrected chi connectivity index (χ4v) is 0.696. The zero-order valence-corrected chi connectivity index (χ0v) is 7.53. The van der Waals surface area contributed by atoms with Crippen molar-refractivity contribution in [2.75, 3.05) is 0 Å². The number of nitrogens with zero attached hydrogens (tertiary/aromatic N) is 2. The van der Waals surface area contributed by atoms with Gasteiger partial charge in [0.25, 0.3) is 5.91 Å². The predicted octanol–water partition coefficient (Wildman–Crippen LogP) is -0.808. The van der Waals surface area contributed by atoms with E-state index in [9.17, 15) is 9.90 Å². The average Bonchev–Trinajstić information content (AvgIpc) is 2.50. The second-order valence-electron chi connectivity index (χ2n) is 3.17. The molecule has 72 valence electrons. The van der Waals surface area contributed by atoms with E-state index in [4.69, 9.17) is 0 Å². The molecule has 0 unspecified atom stereocenters. The standard InChI is InChI=1S/C7H12N4O2/c1-7(2,13)6(12)8-3-5-9-4-10-11-5/h4,13H,3H2,1-2H3,(H,8,12)(H,9,10,11). The third kappa shape index (κ3) is 2.83. The number of H-pyrrole nitrogens is 1. The number of aliphatic hydroxyl groups is 1. The van der Waals surface area contributed by atoms with Crippen LogP contribution in [0.5, 0.6) is 0 Å². The van der Waals surface area contributed by atoms with Crippen LogP contribution in [-0.4, -0.2) is 31.8 Å². The maximum Gasteiger partial charge on any atom is 0.251 e. The van der Waals surface area contributed by atoms with Gasteiger partial charge in [-0.15, -0.1) is 0 Å². The van der Waals surface area contributed by atoms with Crippen molar-refractivity contribution in [1.29, 1.82) is 0 Å². The predicted molar refractivity (Wildman–Crippen MR) is 44.5 cm³/mol. The topological polar surface area (TPSA) is 90.9 Å². The molecule has 0 aliphatic heterocycles. The van der Waals surface area contributed by atoms with Crippen LogP contribution < -0.4 is 5.32 Å². The molecular weight excluding hydrogens is 172 g/mol. The van der Waals surface area contributed by atoms with Gasteiger partial charge in [-0.1, -0.05) is 0 Å². The summed E-state index contributed by atoms with van der Waals surface area (Å²) in [4.78, 5) is 14.9. The highest BCUT2D eigenvalue weighted by atomic mass is 16.3. The van der Waals surface area contributed by atoms with Crippen LogP contribution >= 0.6 is 0 Å². The van der Waals surface area contributed by atoms with Gasteiger partial charge in [-0.2, -0.15) is 5.10 Å². The Morgan fingerprint density at radius 1 is 1.77 bits per heavy atom. The molecule has 0 fully saturated rings. The van der Waals surface area contributed by atoms with E-state index in [1.54, 1.807) is 0 Å². The minimum absolute atomic E-state index is 0.239. The summed E-state index contributed by atoms with van der Waals surface area (Å²) in [7, 11) is 0. The van der Waals surface area contributed by atoms with Crippen LogP contribution in [0.25, 0.3) is 0 Å². The maximum absolute atomic E-state index is 11.1. The summed E-state index contributed by atoms with van der Waals surface area (Å²) in [6.07, 6.45) is 1.35. The maximum atomic E-state index is 11.1. The van der Waals surface area contributed by atoms with Gasteiger partial charge in [-0.3, -0.25) is 9.89 Å². The van der Waals surface area contributed by atoms with Gasteiger partial charge >= 0.3 is 0 Å². The average molecular weight is 184 g/mol. The highest BCUT2D eigenvalue weighted by Gasteiger charge is 2.23. The molecule has 0 radical (unpaired) electrons. The van der Waals surface area contributed by atoms with Crippen LogP contribution in [0.4, 0.5) is 0 Å². The highest BCUT2D eigenvalue weighted by Crippen LogP contribution is 2.00. The number of nitrogens with one attached hydrogen (secondary N) is 2. The summed E-state index contributed by atoms with van der Waals surface area (Å²) in [5.41, 5.74) is -1.36. The van der Waals surface area contributed by atoms with E-state index in [0.29, 0.717) is 5.82 Å². The molecule has 0 aliphatic carbocycles. The molecule has 6 heteroatoms. The molecule has 0 spiro atoms. The fourth-order valence-electron chi connectivity index (χ4n) is 0.696. The Hall–Kier alpha value is -1.43. The quantitative estimate of drug-likeness (QED) is 0.573. The normalized spacial score (nSPS) is 11.3. The lowest BCUT2D eigenvalue weighted by Gasteiger charge is -2.15. The minimum Gasteiger partial charge on any atom is -0.381 e. The molecule has 13 heavy (non-hydrogen) atoms. The first-order valence-electron chi connectivity index (χ1n) is 3.85. The Morgan fingerprint density at radius 2 is 2.46 bits per heavy atom. The fraction of sp³-hybridized carbons (Fsp3) is 0.571.